The second kappa shape index (κ2) is 9.87. The van der Waals surface area contributed by atoms with E-state index in [1.807, 2.05) is 42.5 Å². The van der Waals surface area contributed by atoms with Crippen LogP contribution in [0.3, 0.4) is 0 Å². The Kier molecular flexibility index (Phi) is 7.25. The Hall–Kier alpha value is -2.15. The standard InChI is InChI=1S/C21H15Br2ClN2O2/c22-18-10-15(12-25-26-21(27)16-4-2-1-3-5-16)11-19(23)20(18)28-13-14-6-8-17(24)9-7-14/h1-12H,13H2,(H,26,27)/b25-12-. The Morgan fingerprint density at radius 2 is 1.68 bits per heavy atom. The van der Waals surface area contributed by atoms with Crippen LogP contribution in [0.2, 0.25) is 5.02 Å². The summed E-state index contributed by atoms with van der Waals surface area (Å²) in [6.45, 7) is 0.412. The SMILES string of the molecule is O=C(N/N=C\c1cc(Br)c(OCc2ccc(Cl)cc2)c(Br)c1)c1ccccc1. The van der Waals surface area contributed by atoms with Crippen LogP contribution >= 0.6 is 43.5 Å². The van der Waals surface area contributed by atoms with Gasteiger partial charge in [0.25, 0.3) is 5.91 Å². The summed E-state index contributed by atoms with van der Waals surface area (Å²) >= 11 is 12.9. The predicted octanol–water partition coefficient (Wildman–Crippen LogP) is 6.21. The molecule has 0 bridgehead atoms. The summed E-state index contributed by atoms with van der Waals surface area (Å²) in [6.07, 6.45) is 1.57. The van der Waals surface area contributed by atoms with E-state index in [0.29, 0.717) is 22.9 Å². The summed E-state index contributed by atoms with van der Waals surface area (Å²) in [5.41, 5.74) is 4.87. The lowest BCUT2D eigenvalue weighted by Gasteiger charge is -2.11. The molecule has 0 aliphatic carbocycles. The van der Waals surface area contributed by atoms with Crippen LogP contribution in [0.1, 0.15) is 21.5 Å². The molecule has 0 heterocycles. The van der Waals surface area contributed by atoms with Gasteiger partial charge in [0.1, 0.15) is 12.4 Å². The van der Waals surface area contributed by atoms with Gasteiger partial charge in [0, 0.05) is 10.6 Å². The normalized spacial score (nSPS) is 10.8. The smallest absolute Gasteiger partial charge is 0.271 e. The van der Waals surface area contributed by atoms with Crippen molar-refractivity contribution in [2.45, 2.75) is 6.61 Å². The van der Waals surface area contributed by atoms with E-state index in [0.717, 1.165) is 20.1 Å². The Morgan fingerprint density at radius 3 is 2.32 bits per heavy atom. The molecule has 0 saturated carbocycles. The van der Waals surface area contributed by atoms with Gasteiger partial charge in [0.05, 0.1) is 15.2 Å². The minimum absolute atomic E-state index is 0.266. The number of rotatable bonds is 6. The largest absolute Gasteiger partial charge is 0.487 e. The molecule has 0 spiro atoms. The third-order valence-electron chi connectivity index (χ3n) is 3.73. The molecule has 0 unspecified atom stereocenters. The quantitative estimate of drug-likeness (QED) is 0.309. The van der Waals surface area contributed by atoms with Crippen LogP contribution in [0, 0.1) is 0 Å². The lowest BCUT2D eigenvalue weighted by molar-refractivity contribution is 0.0955. The number of carbonyl (C=O) groups excluding carboxylic acids is 1. The van der Waals surface area contributed by atoms with Gasteiger partial charge in [-0.25, -0.2) is 5.43 Å². The maximum Gasteiger partial charge on any atom is 0.271 e. The first kappa shape index (κ1) is 20.6. The molecule has 0 saturated heterocycles. The van der Waals surface area contributed by atoms with Gasteiger partial charge in [0.15, 0.2) is 0 Å². The van der Waals surface area contributed by atoms with Gasteiger partial charge in [-0.3, -0.25) is 4.79 Å². The molecule has 1 amide bonds. The van der Waals surface area contributed by atoms with Gasteiger partial charge < -0.3 is 4.74 Å². The molecule has 142 valence electrons. The van der Waals surface area contributed by atoms with Gasteiger partial charge in [-0.1, -0.05) is 41.9 Å². The summed E-state index contributed by atoms with van der Waals surface area (Å²) in [5, 5.41) is 4.70. The van der Waals surface area contributed by atoms with Crippen LogP contribution in [-0.4, -0.2) is 12.1 Å². The van der Waals surface area contributed by atoms with Gasteiger partial charge in [-0.05, 0) is 79.4 Å². The van der Waals surface area contributed by atoms with Crippen molar-refractivity contribution in [2.24, 2.45) is 5.10 Å². The number of halogens is 3. The van der Waals surface area contributed by atoms with Gasteiger partial charge >= 0.3 is 0 Å². The van der Waals surface area contributed by atoms with Crippen LogP contribution in [-0.2, 0) is 6.61 Å². The first-order valence-electron chi connectivity index (χ1n) is 8.27. The highest BCUT2D eigenvalue weighted by Gasteiger charge is 2.09. The number of carbonyl (C=O) groups is 1. The van der Waals surface area contributed by atoms with Crippen LogP contribution < -0.4 is 10.2 Å². The zero-order chi connectivity index (χ0) is 19.9. The lowest BCUT2D eigenvalue weighted by atomic mass is 10.2. The first-order valence-corrected chi connectivity index (χ1v) is 10.2. The molecule has 0 fully saturated rings. The zero-order valence-corrected chi connectivity index (χ0v) is 18.5. The molecular weight excluding hydrogens is 508 g/mol. The van der Waals surface area contributed by atoms with Crippen LogP contribution in [0.15, 0.2) is 80.8 Å². The van der Waals surface area contributed by atoms with Gasteiger partial charge in [-0.2, -0.15) is 5.10 Å². The average Bonchev–Trinajstić information content (AvgIpc) is 2.69. The monoisotopic (exact) mass is 520 g/mol. The summed E-state index contributed by atoms with van der Waals surface area (Å²) in [4.78, 5) is 12.0. The highest BCUT2D eigenvalue weighted by molar-refractivity contribution is 9.11. The summed E-state index contributed by atoms with van der Waals surface area (Å²) in [6, 6.07) is 20.1. The third-order valence-corrected chi connectivity index (χ3v) is 5.16. The summed E-state index contributed by atoms with van der Waals surface area (Å²) < 4.78 is 7.44. The van der Waals surface area contributed by atoms with Gasteiger partial charge in [-0.15, -0.1) is 0 Å². The van der Waals surface area contributed by atoms with E-state index in [9.17, 15) is 4.79 Å². The fourth-order valence-electron chi connectivity index (χ4n) is 2.35. The number of nitrogens with zero attached hydrogens (tertiary/aromatic N) is 1. The van der Waals surface area contributed by atoms with Crippen molar-refractivity contribution in [1.29, 1.82) is 0 Å². The molecule has 7 heteroatoms. The molecule has 1 N–H and O–H groups in total. The van der Waals surface area contributed by atoms with Crippen molar-refractivity contribution in [3.8, 4) is 5.75 Å². The van der Waals surface area contributed by atoms with Crippen molar-refractivity contribution in [2.75, 3.05) is 0 Å². The topological polar surface area (TPSA) is 50.7 Å². The molecule has 3 aromatic carbocycles. The van der Waals surface area contributed by atoms with Crippen LogP contribution in [0.4, 0.5) is 0 Å². The Morgan fingerprint density at radius 1 is 1.04 bits per heavy atom. The second-order valence-electron chi connectivity index (χ2n) is 5.79. The number of hydrogen-bond acceptors (Lipinski definition) is 3. The van der Waals surface area contributed by atoms with E-state index in [2.05, 4.69) is 42.4 Å². The Labute approximate surface area is 184 Å². The highest BCUT2D eigenvalue weighted by atomic mass is 79.9. The summed E-state index contributed by atoms with van der Waals surface area (Å²) in [5.74, 6) is 0.415. The van der Waals surface area contributed by atoms with Crippen LogP contribution in [0.5, 0.6) is 5.75 Å². The van der Waals surface area contributed by atoms with E-state index in [4.69, 9.17) is 16.3 Å². The zero-order valence-electron chi connectivity index (χ0n) is 14.5. The summed E-state index contributed by atoms with van der Waals surface area (Å²) in [7, 11) is 0. The maximum absolute atomic E-state index is 12.0. The molecule has 0 aliphatic rings. The molecule has 3 aromatic rings. The fraction of sp³-hybridized carbons (Fsp3) is 0.0476. The molecule has 3 rings (SSSR count). The fourth-order valence-corrected chi connectivity index (χ4v) is 3.92. The minimum Gasteiger partial charge on any atom is -0.487 e. The van der Waals surface area contributed by atoms with E-state index < -0.39 is 0 Å². The first-order chi connectivity index (χ1) is 13.5. The number of nitrogens with one attached hydrogen (secondary N) is 1. The van der Waals surface area contributed by atoms with E-state index in [1.165, 1.54) is 0 Å². The Balaban J connectivity index is 1.64. The van der Waals surface area contributed by atoms with E-state index in [1.54, 1.807) is 30.5 Å². The van der Waals surface area contributed by atoms with Crippen molar-refractivity contribution in [3.05, 3.63) is 97.4 Å². The van der Waals surface area contributed by atoms with Gasteiger partial charge in [0.2, 0.25) is 0 Å². The predicted molar refractivity (Wildman–Crippen MR) is 119 cm³/mol. The molecule has 0 atom stereocenters. The molecule has 4 nitrogen and oxygen atoms in total. The lowest BCUT2D eigenvalue weighted by Crippen LogP contribution is -2.17. The minimum atomic E-state index is -0.266. The highest BCUT2D eigenvalue weighted by Crippen LogP contribution is 2.35. The number of hydrogen-bond donors (Lipinski definition) is 1. The van der Waals surface area contributed by atoms with Crippen molar-refractivity contribution >= 4 is 55.6 Å². The number of benzene rings is 3. The molecule has 28 heavy (non-hydrogen) atoms. The number of amides is 1. The van der Waals surface area contributed by atoms with Crippen molar-refractivity contribution in [1.82, 2.24) is 5.43 Å². The molecular formula is C21H15Br2ClN2O2. The van der Waals surface area contributed by atoms with Crippen molar-refractivity contribution < 1.29 is 9.53 Å². The molecule has 0 radical (unpaired) electrons. The molecule has 0 aliphatic heterocycles. The van der Waals surface area contributed by atoms with Crippen molar-refractivity contribution in [3.63, 3.8) is 0 Å². The number of ether oxygens (including phenoxy) is 1. The Bertz CT molecular complexity index is 970. The van der Waals surface area contributed by atoms with E-state index in [-0.39, 0.29) is 5.91 Å². The van der Waals surface area contributed by atoms with Crippen LogP contribution in [0.25, 0.3) is 0 Å². The average molecular weight is 523 g/mol. The third kappa shape index (κ3) is 5.67. The number of hydrazone groups is 1. The van der Waals surface area contributed by atoms with E-state index >= 15 is 0 Å². The second-order valence-corrected chi connectivity index (χ2v) is 7.94. The molecule has 0 aromatic heterocycles. The maximum atomic E-state index is 12.0.